The molecule has 0 unspecified atom stereocenters. The Morgan fingerprint density at radius 3 is 2.53 bits per heavy atom. The van der Waals surface area contributed by atoms with Gasteiger partial charge in [0, 0.05) is 64.2 Å². The van der Waals surface area contributed by atoms with Gasteiger partial charge in [-0.1, -0.05) is 29.8 Å². The van der Waals surface area contributed by atoms with Gasteiger partial charge in [0.1, 0.15) is 5.82 Å². The number of aromatic nitrogens is 1. The highest BCUT2D eigenvalue weighted by Gasteiger charge is 2.20. The van der Waals surface area contributed by atoms with Crippen LogP contribution >= 0.6 is 0 Å². The number of aliphatic imine (C=N–C) groups is 1. The van der Waals surface area contributed by atoms with Gasteiger partial charge in [0.15, 0.2) is 0 Å². The van der Waals surface area contributed by atoms with Gasteiger partial charge in [0.25, 0.3) is 0 Å². The van der Waals surface area contributed by atoms with Gasteiger partial charge >= 0.3 is 0 Å². The van der Waals surface area contributed by atoms with Crippen LogP contribution in [0.15, 0.2) is 41.4 Å². The monoisotopic (exact) mass is 465 g/mol. The Balaban J connectivity index is 1.55. The molecule has 0 aliphatic carbocycles. The molecule has 2 saturated heterocycles. The third kappa shape index (κ3) is 6.85. The summed E-state index contributed by atoms with van der Waals surface area (Å²) < 4.78 is 11.0. The molecule has 0 spiro atoms. The molecule has 0 saturated carbocycles. The van der Waals surface area contributed by atoms with Crippen LogP contribution in [-0.4, -0.2) is 87.7 Å². The maximum absolute atomic E-state index is 12.6. The van der Waals surface area contributed by atoms with Crippen molar-refractivity contribution in [1.29, 1.82) is 0 Å². The van der Waals surface area contributed by atoms with Gasteiger partial charge in [-0.15, -0.1) is 0 Å². The van der Waals surface area contributed by atoms with Gasteiger partial charge < -0.3 is 14.4 Å². The van der Waals surface area contributed by atoms with E-state index in [4.69, 9.17) is 14.5 Å². The van der Waals surface area contributed by atoms with Crippen LogP contribution in [-0.2, 0) is 20.8 Å². The van der Waals surface area contributed by atoms with Crippen molar-refractivity contribution >= 4 is 23.6 Å². The van der Waals surface area contributed by atoms with E-state index >= 15 is 0 Å². The number of benzene rings is 1. The Morgan fingerprint density at radius 2 is 1.82 bits per heavy atom. The molecule has 34 heavy (non-hydrogen) atoms. The molecule has 8 heteroatoms. The number of carbonyl (C=O) groups excluding carboxylic acids is 1. The van der Waals surface area contributed by atoms with Crippen molar-refractivity contribution < 1.29 is 14.3 Å². The molecule has 1 aromatic carbocycles. The number of ether oxygens (including phenoxy) is 2. The van der Waals surface area contributed by atoms with Crippen LogP contribution in [0.3, 0.4) is 0 Å². The van der Waals surface area contributed by atoms with E-state index in [1.54, 1.807) is 11.8 Å². The van der Waals surface area contributed by atoms with E-state index in [9.17, 15) is 4.79 Å². The zero-order valence-electron chi connectivity index (χ0n) is 20.3. The number of rotatable bonds is 8. The second-order valence-corrected chi connectivity index (χ2v) is 8.78. The minimum atomic E-state index is -0.00546. The lowest BCUT2D eigenvalue weighted by Gasteiger charge is -2.31. The van der Waals surface area contributed by atoms with Crippen molar-refractivity contribution in [3.05, 3.63) is 53.2 Å². The van der Waals surface area contributed by atoms with E-state index in [-0.39, 0.29) is 5.91 Å². The standard InChI is InChI=1S/C26H35N5O3/c1-21-4-3-5-23(16-21)19-27-20-24-17-25(30-10-14-34-15-11-30)18-26(28-24)31(22(2)32)7-6-29-8-12-33-13-9-29/h3-5,16-19H,6-15,20H2,1-2H3. The first-order chi connectivity index (χ1) is 16.6. The average Bonchev–Trinajstić information content (AvgIpc) is 2.85. The molecule has 0 atom stereocenters. The van der Waals surface area contributed by atoms with Crippen LogP contribution in [0.2, 0.25) is 0 Å². The fourth-order valence-corrected chi connectivity index (χ4v) is 4.27. The van der Waals surface area contributed by atoms with Crippen LogP contribution in [0.4, 0.5) is 11.5 Å². The largest absolute Gasteiger partial charge is 0.379 e. The van der Waals surface area contributed by atoms with Gasteiger partial charge in [-0.2, -0.15) is 0 Å². The number of hydrogen-bond donors (Lipinski definition) is 0. The number of amides is 1. The number of carbonyl (C=O) groups is 1. The van der Waals surface area contributed by atoms with Crippen molar-refractivity contribution in [2.45, 2.75) is 20.4 Å². The SMILES string of the molecule is CC(=O)N(CCN1CCOCC1)c1cc(N2CCOCC2)cc(CN=Cc2cccc(C)c2)n1. The number of morpholine rings is 2. The Labute approximate surface area is 202 Å². The number of pyridine rings is 1. The van der Waals surface area contributed by atoms with Crippen molar-refractivity contribution in [3.63, 3.8) is 0 Å². The summed E-state index contributed by atoms with van der Waals surface area (Å²) in [6.45, 7) is 11.9. The lowest BCUT2D eigenvalue weighted by atomic mass is 10.1. The predicted octanol–water partition coefficient (Wildman–Crippen LogP) is 2.53. The molecule has 0 bridgehead atoms. The minimum absolute atomic E-state index is 0.00546. The van der Waals surface area contributed by atoms with Crippen LogP contribution in [0.1, 0.15) is 23.7 Å². The van der Waals surface area contributed by atoms with Crippen LogP contribution in [0.25, 0.3) is 0 Å². The molecule has 0 N–H and O–H groups in total. The molecule has 2 aromatic rings. The second-order valence-electron chi connectivity index (χ2n) is 8.78. The zero-order chi connectivity index (χ0) is 23.8. The Hall–Kier alpha value is -2.81. The summed E-state index contributed by atoms with van der Waals surface area (Å²) in [5.74, 6) is 0.680. The molecular formula is C26H35N5O3. The van der Waals surface area contributed by atoms with E-state index in [1.165, 1.54) is 5.56 Å². The highest BCUT2D eigenvalue weighted by Crippen LogP contribution is 2.24. The first-order valence-electron chi connectivity index (χ1n) is 12.1. The highest BCUT2D eigenvalue weighted by molar-refractivity contribution is 5.91. The van der Waals surface area contributed by atoms with Gasteiger partial charge in [-0.05, 0) is 18.6 Å². The molecule has 2 aliphatic heterocycles. The van der Waals surface area contributed by atoms with Crippen molar-refractivity contribution in [1.82, 2.24) is 9.88 Å². The summed E-state index contributed by atoms with van der Waals surface area (Å²) >= 11 is 0. The maximum atomic E-state index is 12.6. The average molecular weight is 466 g/mol. The van der Waals surface area contributed by atoms with Gasteiger partial charge in [-0.3, -0.25) is 19.6 Å². The molecule has 1 amide bonds. The smallest absolute Gasteiger partial charge is 0.225 e. The first-order valence-corrected chi connectivity index (χ1v) is 12.1. The molecule has 8 nitrogen and oxygen atoms in total. The minimum Gasteiger partial charge on any atom is -0.379 e. The lowest BCUT2D eigenvalue weighted by molar-refractivity contribution is -0.116. The Bertz CT molecular complexity index is 984. The van der Waals surface area contributed by atoms with E-state index < -0.39 is 0 Å². The topological polar surface area (TPSA) is 70.5 Å². The summed E-state index contributed by atoms with van der Waals surface area (Å²) in [5.41, 5.74) is 4.18. The molecule has 182 valence electrons. The Kier molecular flexibility index (Phi) is 8.62. The zero-order valence-corrected chi connectivity index (χ0v) is 20.3. The van der Waals surface area contributed by atoms with E-state index in [2.05, 4.69) is 39.9 Å². The molecule has 1 aromatic heterocycles. The molecule has 2 aliphatic rings. The van der Waals surface area contributed by atoms with E-state index in [0.29, 0.717) is 32.1 Å². The van der Waals surface area contributed by atoms with Crippen LogP contribution < -0.4 is 9.80 Å². The normalized spacial score (nSPS) is 17.3. The number of nitrogens with zero attached hydrogens (tertiary/aromatic N) is 5. The molecule has 3 heterocycles. The fourth-order valence-electron chi connectivity index (χ4n) is 4.27. The molecular weight excluding hydrogens is 430 g/mol. The van der Waals surface area contributed by atoms with Crippen LogP contribution in [0.5, 0.6) is 0 Å². The predicted molar refractivity (Wildman–Crippen MR) is 135 cm³/mol. The highest BCUT2D eigenvalue weighted by atomic mass is 16.5. The summed E-state index contributed by atoms with van der Waals surface area (Å²) in [6, 6.07) is 12.4. The first kappa shape index (κ1) is 24.3. The van der Waals surface area contributed by atoms with Crippen molar-refractivity contribution in [2.24, 2.45) is 4.99 Å². The third-order valence-electron chi connectivity index (χ3n) is 6.16. The molecule has 0 radical (unpaired) electrons. The summed E-state index contributed by atoms with van der Waals surface area (Å²) in [7, 11) is 0. The lowest BCUT2D eigenvalue weighted by Crippen LogP contribution is -2.43. The quantitative estimate of drug-likeness (QED) is 0.558. The van der Waals surface area contributed by atoms with Crippen molar-refractivity contribution in [3.8, 4) is 0 Å². The molecule has 2 fully saturated rings. The third-order valence-corrected chi connectivity index (χ3v) is 6.16. The summed E-state index contributed by atoms with van der Waals surface area (Å²) in [5, 5.41) is 0. The summed E-state index contributed by atoms with van der Waals surface area (Å²) in [6.07, 6.45) is 1.89. The fraction of sp³-hybridized carbons (Fsp3) is 0.500. The Morgan fingerprint density at radius 1 is 1.09 bits per heavy atom. The van der Waals surface area contributed by atoms with Gasteiger partial charge in [-0.25, -0.2) is 4.98 Å². The van der Waals surface area contributed by atoms with E-state index in [1.807, 2.05) is 24.4 Å². The van der Waals surface area contributed by atoms with Crippen LogP contribution in [0, 0.1) is 6.92 Å². The van der Waals surface area contributed by atoms with E-state index in [0.717, 1.165) is 62.9 Å². The number of aryl methyl sites for hydroxylation is 1. The molecule has 4 rings (SSSR count). The number of hydrogen-bond acceptors (Lipinski definition) is 7. The maximum Gasteiger partial charge on any atom is 0.225 e. The number of anilines is 2. The van der Waals surface area contributed by atoms with Gasteiger partial charge in [0.2, 0.25) is 5.91 Å². The second kappa shape index (κ2) is 12.1. The summed E-state index contributed by atoms with van der Waals surface area (Å²) in [4.78, 5) is 28.5. The van der Waals surface area contributed by atoms with Crippen molar-refractivity contribution in [2.75, 3.05) is 75.5 Å². The van der Waals surface area contributed by atoms with Gasteiger partial charge in [0.05, 0.1) is 38.7 Å².